The van der Waals surface area contributed by atoms with E-state index in [-0.39, 0.29) is 0 Å². The molecule has 0 N–H and O–H groups in total. The molecule has 2 saturated carbocycles. The molecule has 0 aromatic heterocycles. The average molecular weight is 273 g/mol. The molecule has 3 aliphatic rings. The molecule has 0 amide bonds. The van der Waals surface area contributed by atoms with Crippen LogP contribution in [0.3, 0.4) is 0 Å². The van der Waals surface area contributed by atoms with Crippen molar-refractivity contribution in [1.29, 1.82) is 0 Å². The molecule has 2 fully saturated rings. The fraction of sp³-hybridized carbons (Fsp3) is 0.850. The van der Waals surface area contributed by atoms with Gasteiger partial charge in [0.05, 0.1) is 19.8 Å². The first-order valence-corrected chi connectivity index (χ1v) is 8.81. The molecule has 0 aromatic rings. The Morgan fingerprint density at radius 1 is 1.05 bits per heavy atom. The van der Waals surface area contributed by atoms with Crippen LogP contribution in [-0.2, 0) is 0 Å². The maximum atomic E-state index is 2.62. The summed E-state index contributed by atoms with van der Waals surface area (Å²) in [6.07, 6.45) is 12.6. The molecule has 0 aromatic carbocycles. The zero-order valence-corrected chi connectivity index (χ0v) is 14.3. The summed E-state index contributed by atoms with van der Waals surface area (Å²) in [5, 5.41) is 0. The lowest BCUT2D eigenvalue weighted by Gasteiger charge is -2.52. The minimum absolute atomic E-state index is 0.583. The van der Waals surface area contributed by atoms with E-state index >= 15 is 0 Å². The van der Waals surface area contributed by atoms with Crippen molar-refractivity contribution in [1.82, 2.24) is 0 Å². The SMILES string of the molecule is CC1=CC[C@]2(C)CC[C@@]3(C)CCC([C+](C)C)[C@@H]3[C@H]2CC1. The summed E-state index contributed by atoms with van der Waals surface area (Å²) in [6, 6.07) is 0. The third-order valence-corrected chi connectivity index (χ3v) is 7.37. The number of hydrogen-bond acceptors (Lipinski definition) is 0. The molecule has 0 radical (unpaired) electrons. The van der Waals surface area contributed by atoms with Gasteiger partial charge in [0.2, 0.25) is 0 Å². The molecule has 20 heavy (non-hydrogen) atoms. The summed E-state index contributed by atoms with van der Waals surface area (Å²) in [4.78, 5) is 0. The summed E-state index contributed by atoms with van der Waals surface area (Å²) < 4.78 is 0. The van der Waals surface area contributed by atoms with E-state index in [1.54, 1.807) is 11.5 Å². The van der Waals surface area contributed by atoms with Gasteiger partial charge in [0.15, 0.2) is 0 Å². The maximum absolute atomic E-state index is 2.62. The first kappa shape index (κ1) is 14.5. The Kier molecular flexibility index (Phi) is 3.50. The van der Waals surface area contributed by atoms with Crippen LogP contribution >= 0.6 is 0 Å². The van der Waals surface area contributed by atoms with Gasteiger partial charge in [0, 0.05) is 5.92 Å². The predicted octanol–water partition coefficient (Wildman–Crippen LogP) is 6.18. The van der Waals surface area contributed by atoms with Gasteiger partial charge in [-0.15, -0.1) is 0 Å². The normalized spacial score (nSPS) is 48.0. The largest absolute Gasteiger partial charge is 0.103 e. The van der Waals surface area contributed by atoms with Crippen LogP contribution in [0.5, 0.6) is 0 Å². The van der Waals surface area contributed by atoms with Gasteiger partial charge in [-0.25, -0.2) is 0 Å². The van der Waals surface area contributed by atoms with Crippen LogP contribution < -0.4 is 0 Å². The van der Waals surface area contributed by atoms with Crippen molar-refractivity contribution in [2.45, 2.75) is 79.6 Å². The van der Waals surface area contributed by atoms with Crippen molar-refractivity contribution < 1.29 is 0 Å². The molecule has 3 rings (SSSR count). The highest BCUT2D eigenvalue weighted by Gasteiger charge is 2.59. The fourth-order valence-corrected chi connectivity index (χ4v) is 5.89. The van der Waals surface area contributed by atoms with Crippen molar-refractivity contribution in [2.24, 2.45) is 28.6 Å². The monoisotopic (exact) mass is 273 g/mol. The second-order valence-corrected chi connectivity index (χ2v) is 8.96. The number of hydrogen-bond donors (Lipinski definition) is 0. The first-order valence-electron chi connectivity index (χ1n) is 8.81. The van der Waals surface area contributed by atoms with Crippen LogP contribution in [0.4, 0.5) is 0 Å². The molecule has 0 heteroatoms. The Morgan fingerprint density at radius 3 is 2.45 bits per heavy atom. The highest BCUT2D eigenvalue weighted by Crippen LogP contribution is 2.65. The van der Waals surface area contributed by atoms with Crippen LogP contribution in [-0.4, -0.2) is 0 Å². The average Bonchev–Trinajstić information content (AvgIpc) is 2.66. The van der Waals surface area contributed by atoms with Gasteiger partial charge in [-0.2, -0.15) is 0 Å². The zero-order chi connectivity index (χ0) is 14.5. The van der Waals surface area contributed by atoms with Crippen LogP contribution in [0.2, 0.25) is 0 Å². The van der Waals surface area contributed by atoms with E-state index in [0.29, 0.717) is 10.8 Å². The number of allylic oxidation sites excluding steroid dienone is 2. The Labute approximate surface area is 126 Å². The van der Waals surface area contributed by atoms with E-state index in [1.165, 1.54) is 44.9 Å². The fourth-order valence-electron chi connectivity index (χ4n) is 5.89. The minimum atomic E-state index is 0.583. The molecule has 0 saturated heterocycles. The topological polar surface area (TPSA) is 0 Å². The van der Waals surface area contributed by atoms with Crippen molar-refractivity contribution >= 4 is 0 Å². The molecule has 1 unspecified atom stereocenters. The summed E-state index contributed by atoms with van der Waals surface area (Å²) in [6.45, 7) is 12.4. The van der Waals surface area contributed by atoms with Crippen molar-refractivity contribution in [3.05, 3.63) is 17.6 Å². The molecule has 112 valence electrons. The zero-order valence-electron chi connectivity index (χ0n) is 14.3. The lowest BCUT2D eigenvalue weighted by molar-refractivity contribution is -0.0360. The quantitative estimate of drug-likeness (QED) is 0.395. The van der Waals surface area contributed by atoms with Crippen molar-refractivity contribution in [2.75, 3.05) is 0 Å². The van der Waals surface area contributed by atoms with Gasteiger partial charge in [-0.05, 0) is 68.6 Å². The molecule has 0 spiro atoms. The lowest BCUT2D eigenvalue weighted by Crippen LogP contribution is -2.46. The van der Waals surface area contributed by atoms with Crippen LogP contribution in [0.25, 0.3) is 0 Å². The second-order valence-electron chi connectivity index (χ2n) is 8.96. The van der Waals surface area contributed by atoms with E-state index in [4.69, 9.17) is 0 Å². The molecule has 0 bridgehead atoms. The van der Waals surface area contributed by atoms with E-state index < -0.39 is 0 Å². The van der Waals surface area contributed by atoms with Gasteiger partial charge in [0.25, 0.3) is 0 Å². The lowest BCUT2D eigenvalue weighted by atomic mass is 9.51. The van der Waals surface area contributed by atoms with E-state index in [0.717, 1.165) is 17.8 Å². The summed E-state index contributed by atoms with van der Waals surface area (Å²) >= 11 is 0. The van der Waals surface area contributed by atoms with Gasteiger partial charge in [-0.1, -0.05) is 25.5 Å². The number of fused-ring (bicyclic) bond motifs is 3. The molecule has 3 aliphatic carbocycles. The van der Waals surface area contributed by atoms with Gasteiger partial charge >= 0.3 is 0 Å². The summed E-state index contributed by atoms with van der Waals surface area (Å²) in [7, 11) is 0. The van der Waals surface area contributed by atoms with Gasteiger partial charge in [-0.3, -0.25) is 0 Å². The first-order chi connectivity index (χ1) is 9.36. The molecular weight excluding hydrogens is 240 g/mol. The third kappa shape index (κ3) is 2.14. The predicted molar refractivity (Wildman–Crippen MR) is 87.4 cm³/mol. The van der Waals surface area contributed by atoms with Gasteiger partial charge in [0.1, 0.15) is 5.92 Å². The Bertz CT molecular complexity index is 404. The highest BCUT2D eigenvalue weighted by atomic mass is 14.6. The summed E-state index contributed by atoms with van der Waals surface area (Å²) in [5.74, 6) is 4.53. The van der Waals surface area contributed by atoms with E-state index in [1.807, 2.05) is 0 Å². The smallest absolute Gasteiger partial charge is 0.0851 e. The molecular formula is C20H33+. The van der Waals surface area contributed by atoms with Crippen molar-refractivity contribution in [3.63, 3.8) is 0 Å². The highest BCUT2D eigenvalue weighted by molar-refractivity contribution is 5.14. The molecule has 0 aliphatic heterocycles. The molecule has 5 atom stereocenters. The number of rotatable bonds is 1. The van der Waals surface area contributed by atoms with E-state index in [9.17, 15) is 0 Å². The second kappa shape index (κ2) is 4.82. The van der Waals surface area contributed by atoms with Crippen molar-refractivity contribution in [3.8, 4) is 0 Å². The van der Waals surface area contributed by atoms with Gasteiger partial charge < -0.3 is 0 Å². The Balaban J connectivity index is 1.95. The molecule has 0 heterocycles. The van der Waals surface area contributed by atoms with Crippen LogP contribution in [0.15, 0.2) is 11.6 Å². The standard InChI is InChI=1S/C20H33/c1-14(2)16-9-11-20(5)13-12-19(4)10-8-15(3)6-7-17(19)18(16)20/h8,16-18H,6-7,9-13H2,1-5H3/q+1/t16?,17-,18-,19-,20-/m1/s1. The van der Waals surface area contributed by atoms with E-state index in [2.05, 4.69) is 40.7 Å². The Morgan fingerprint density at radius 2 is 1.75 bits per heavy atom. The Hall–Kier alpha value is -0.390. The van der Waals surface area contributed by atoms with Crippen LogP contribution in [0, 0.1) is 34.5 Å². The third-order valence-electron chi connectivity index (χ3n) is 7.37. The maximum Gasteiger partial charge on any atom is 0.103 e. The minimum Gasteiger partial charge on any atom is -0.0851 e. The van der Waals surface area contributed by atoms with Crippen LogP contribution in [0.1, 0.15) is 79.6 Å². The summed E-state index contributed by atoms with van der Waals surface area (Å²) in [5.41, 5.74) is 2.87. The molecule has 0 nitrogen and oxygen atoms in total.